The van der Waals surface area contributed by atoms with E-state index in [0.29, 0.717) is 23.8 Å². The molecule has 3 aromatic carbocycles. The van der Waals surface area contributed by atoms with E-state index < -0.39 is 30.3 Å². The molecule has 5 amide bonds. The molecule has 0 bridgehead atoms. The van der Waals surface area contributed by atoms with E-state index in [-0.39, 0.29) is 49.3 Å². The van der Waals surface area contributed by atoms with Gasteiger partial charge in [0.25, 0.3) is 5.91 Å². The number of carbonyl (C=O) groups excluding carboxylic acids is 5. The van der Waals surface area contributed by atoms with Crippen LogP contribution in [-0.2, 0) is 25.6 Å². The molecule has 0 spiro atoms. The van der Waals surface area contributed by atoms with Crippen molar-refractivity contribution >= 4 is 29.9 Å². The molecule has 16 nitrogen and oxygen atoms in total. The zero-order valence-electron chi connectivity index (χ0n) is 36.2. The van der Waals surface area contributed by atoms with Crippen molar-refractivity contribution in [2.24, 2.45) is 11.8 Å². The van der Waals surface area contributed by atoms with Gasteiger partial charge in [-0.05, 0) is 52.6 Å². The van der Waals surface area contributed by atoms with Gasteiger partial charge in [0.2, 0.25) is 11.8 Å². The van der Waals surface area contributed by atoms with Gasteiger partial charge in [0.1, 0.15) is 29.8 Å². The molecule has 0 aliphatic carbocycles. The Morgan fingerprint density at radius 2 is 1.27 bits per heavy atom. The Kier molecular flexibility index (Phi) is 14.4. The highest BCUT2D eigenvalue weighted by atomic mass is 16.5. The first-order valence-corrected chi connectivity index (χ1v) is 20.7. The number of ether oxygens (including phenoxy) is 2. The first-order valence-electron chi connectivity index (χ1n) is 20.7. The fourth-order valence-electron chi connectivity index (χ4n) is 7.43. The number of aromatic nitrogens is 4. The fourth-order valence-corrected chi connectivity index (χ4v) is 7.43. The lowest BCUT2D eigenvalue weighted by atomic mass is 10.0. The zero-order chi connectivity index (χ0) is 44.5. The van der Waals surface area contributed by atoms with Crippen LogP contribution < -0.4 is 10.6 Å². The fraction of sp³-hybridized carbons (Fsp3) is 0.370. The number of hydrogen-bond acceptors (Lipinski definition) is 9. The van der Waals surface area contributed by atoms with E-state index in [4.69, 9.17) is 14.5 Å². The molecule has 3 heterocycles. The average Bonchev–Trinajstić information content (AvgIpc) is 4.08. The van der Waals surface area contributed by atoms with Gasteiger partial charge in [-0.25, -0.2) is 19.6 Å². The van der Waals surface area contributed by atoms with Crippen molar-refractivity contribution < 1.29 is 33.4 Å². The van der Waals surface area contributed by atoms with Crippen molar-refractivity contribution in [3.05, 3.63) is 108 Å². The maximum atomic E-state index is 14.1. The van der Waals surface area contributed by atoms with E-state index in [1.54, 1.807) is 51.4 Å². The van der Waals surface area contributed by atoms with Crippen LogP contribution in [0.15, 0.2) is 91.3 Å². The summed E-state index contributed by atoms with van der Waals surface area (Å²) in [5.41, 5.74) is 5.87. The van der Waals surface area contributed by atoms with Crippen molar-refractivity contribution in [3.8, 4) is 33.6 Å². The number of imidazole rings is 2. The van der Waals surface area contributed by atoms with E-state index in [2.05, 4.69) is 25.6 Å². The maximum absolute atomic E-state index is 14.1. The third-order valence-corrected chi connectivity index (χ3v) is 10.9. The standard InChI is InChI=1S/C46H55N9O7/c1-8-22-53(43(57)39(28(2)3)51-45(59)61-6)26-38-47-23-35(49-38)32-18-14-30(15-19-32)31-16-20-33(21-17-31)36-24-48-41(50-36)37-25-54(42(56)34-12-10-9-11-13-34)27-55(37)44(58)40(29(4)5)52-46(60)62-7/h9-21,23-24,28-29,37,39-40H,8,22,25-27H2,1-7H3,(H,47,49)(H,48,50)(H,51,59)(H,52,60)/t37-,39-,40-/m0/s1. The molecule has 62 heavy (non-hydrogen) atoms. The number of methoxy groups -OCH3 is 2. The highest BCUT2D eigenvalue weighted by Gasteiger charge is 2.42. The number of carbonyl (C=O) groups is 5. The summed E-state index contributed by atoms with van der Waals surface area (Å²) in [6.45, 7) is 10.4. The number of alkyl carbamates (subject to hydrolysis) is 2. The predicted octanol–water partition coefficient (Wildman–Crippen LogP) is 6.62. The molecule has 0 radical (unpaired) electrons. The van der Waals surface area contributed by atoms with E-state index in [1.807, 2.05) is 89.2 Å². The van der Waals surface area contributed by atoms with Crippen molar-refractivity contribution in [1.29, 1.82) is 0 Å². The third-order valence-electron chi connectivity index (χ3n) is 10.9. The van der Waals surface area contributed by atoms with Crippen molar-refractivity contribution in [1.82, 2.24) is 45.3 Å². The topological polar surface area (TPSA) is 195 Å². The molecular weight excluding hydrogens is 791 g/mol. The van der Waals surface area contributed by atoms with Gasteiger partial charge in [-0.1, -0.05) is 101 Å². The highest BCUT2D eigenvalue weighted by molar-refractivity contribution is 5.95. The summed E-state index contributed by atoms with van der Waals surface area (Å²) in [6.07, 6.45) is 2.84. The molecule has 326 valence electrons. The SMILES string of the molecule is CCCN(Cc1ncc(-c2ccc(-c3ccc(-c4cnc([C@@H]5CN(C(=O)c6ccccc6)CN5C(=O)[C@@H](NC(=O)OC)C(C)C)[nH]4)cc3)cc2)[nH]1)C(=O)[C@@H](NC(=O)OC)C(C)C. The van der Waals surface area contributed by atoms with Gasteiger partial charge < -0.3 is 44.8 Å². The molecular formula is C46H55N9O7. The van der Waals surface area contributed by atoms with Gasteiger partial charge in [-0.2, -0.15) is 0 Å². The molecule has 4 N–H and O–H groups in total. The molecule has 0 unspecified atom stereocenters. The van der Waals surface area contributed by atoms with Crippen LogP contribution >= 0.6 is 0 Å². The van der Waals surface area contributed by atoms with Crippen LogP contribution in [0.3, 0.4) is 0 Å². The van der Waals surface area contributed by atoms with Crippen LogP contribution in [0.2, 0.25) is 0 Å². The summed E-state index contributed by atoms with van der Waals surface area (Å²) < 4.78 is 9.54. The lowest BCUT2D eigenvalue weighted by Gasteiger charge is -2.29. The van der Waals surface area contributed by atoms with Crippen LogP contribution in [0.5, 0.6) is 0 Å². The van der Waals surface area contributed by atoms with Crippen LogP contribution in [-0.4, -0.2) is 111 Å². The number of H-pyrrole nitrogens is 2. The molecule has 6 rings (SSSR count). The van der Waals surface area contributed by atoms with Gasteiger partial charge in [-0.15, -0.1) is 0 Å². The highest BCUT2D eigenvalue weighted by Crippen LogP contribution is 2.32. The summed E-state index contributed by atoms with van der Waals surface area (Å²) in [5, 5.41) is 5.33. The summed E-state index contributed by atoms with van der Waals surface area (Å²) in [4.78, 5) is 86.2. The van der Waals surface area contributed by atoms with Gasteiger partial charge >= 0.3 is 12.2 Å². The Balaban J connectivity index is 1.15. The van der Waals surface area contributed by atoms with Crippen LogP contribution in [0.1, 0.15) is 69.1 Å². The summed E-state index contributed by atoms with van der Waals surface area (Å²) in [6, 6.07) is 22.8. The summed E-state index contributed by atoms with van der Waals surface area (Å²) in [7, 11) is 2.52. The second-order valence-corrected chi connectivity index (χ2v) is 15.9. The Hall–Kier alpha value is -6.97. The predicted molar refractivity (Wildman–Crippen MR) is 233 cm³/mol. The molecule has 1 aliphatic rings. The Morgan fingerprint density at radius 1 is 0.742 bits per heavy atom. The zero-order valence-corrected chi connectivity index (χ0v) is 36.2. The van der Waals surface area contributed by atoms with Crippen molar-refractivity contribution in [3.63, 3.8) is 0 Å². The minimum Gasteiger partial charge on any atom is -0.453 e. The Labute approximate surface area is 361 Å². The number of nitrogens with one attached hydrogen (secondary N) is 4. The summed E-state index contributed by atoms with van der Waals surface area (Å²) in [5.74, 6) is -0.0138. The Bertz CT molecular complexity index is 2320. The molecule has 16 heteroatoms. The smallest absolute Gasteiger partial charge is 0.407 e. The van der Waals surface area contributed by atoms with E-state index in [9.17, 15) is 24.0 Å². The van der Waals surface area contributed by atoms with E-state index >= 15 is 0 Å². The van der Waals surface area contributed by atoms with Crippen LogP contribution in [0, 0.1) is 11.8 Å². The number of benzene rings is 3. The molecule has 0 saturated carbocycles. The quantitative estimate of drug-likeness (QED) is 0.0896. The van der Waals surface area contributed by atoms with Crippen molar-refractivity contribution in [2.75, 3.05) is 34.0 Å². The lowest BCUT2D eigenvalue weighted by Crippen LogP contribution is -2.51. The van der Waals surface area contributed by atoms with Gasteiger partial charge in [0, 0.05) is 12.1 Å². The summed E-state index contributed by atoms with van der Waals surface area (Å²) >= 11 is 0. The minimum absolute atomic E-state index is 0.0173. The maximum Gasteiger partial charge on any atom is 0.407 e. The first kappa shape index (κ1) is 44.6. The van der Waals surface area contributed by atoms with E-state index in [1.165, 1.54) is 14.2 Å². The normalized spacial score (nSPS) is 14.7. The Morgan fingerprint density at radius 3 is 1.82 bits per heavy atom. The van der Waals surface area contributed by atoms with Crippen LogP contribution in [0.25, 0.3) is 33.6 Å². The molecule has 1 fully saturated rings. The number of aromatic amines is 2. The number of amides is 5. The van der Waals surface area contributed by atoms with Gasteiger partial charge in [-0.3, -0.25) is 14.4 Å². The molecule has 5 aromatic rings. The minimum atomic E-state index is -0.884. The average molecular weight is 846 g/mol. The number of hydrogen-bond donors (Lipinski definition) is 4. The van der Waals surface area contributed by atoms with Crippen molar-refractivity contribution in [2.45, 2.75) is 65.7 Å². The first-order chi connectivity index (χ1) is 29.8. The van der Waals surface area contributed by atoms with Crippen LogP contribution in [0.4, 0.5) is 9.59 Å². The largest absolute Gasteiger partial charge is 0.453 e. The molecule has 3 atom stereocenters. The number of nitrogens with zero attached hydrogens (tertiary/aromatic N) is 5. The second-order valence-electron chi connectivity index (χ2n) is 15.9. The van der Waals surface area contributed by atoms with E-state index in [0.717, 1.165) is 40.1 Å². The lowest BCUT2D eigenvalue weighted by molar-refractivity contribution is -0.136. The molecule has 1 saturated heterocycles. The monoisotopic (exact) mass is 845 g/mol. The number of rotatable bonds is 15. The third kappa shape index (κ3) is 10.3. The van der Waals surface area contributed by atoms with Gasteiger partial charge in [0.15, 0.2) is 0 Å². The molecule has 1 aliphatic heterocycles. The second kappa shape index (κ2) is 20.1. The molecule has 2 aromatic heterocycles. The van der Waals surface area contributed by atoms with Gasteiger partial charge in [0.05, 0.1) is 57.8 Å².